The number of hydrogen-bond acceptors (Lipinski definition) is 6. The number of ketones is 1. The quantitative estimate of drug-likeness (QED) is 0.694. The lowest BCUT2D eigenvalue weighted by Crippen LogP contribution is -2.04. The van der Waals surface area contributed by atoms with Crippen LogP contribution in [0.25, 0.3) is 10.9 Å². The molecule has 2 heterocycles. The summed E-state index contributed by atoms with van der Waals surface area (Å²) in [4.78, 5) is 20.1. The molecule has 130 valence electrons. The molecule has 7 heteroatoms. The van der Waals surface area contributed by atoms with Gasteiger partial charge in [0.25, 0.3) is 0 Å². The van der Waals surface area contributed by atoms with Crippen LogP contribution in [0, 0.1) is 0 Å². The van der Waals surface area contributed by atoms with Crippen LogP contribution in [0.2, 0.25) is 0 Å². The summed E-state index contributed by atoms with van der Waals surface area (Å²) >= 11 is 0. The average molecular weight is 342 g/mol. The minimum atomic E-state index is -0.200. The number of hydrogen-bond donors (Lipinski definition) is 1. The second kappa shape index (κ2) is 6.72. The van der Waals surface area contributed by atoms with Crippen molar-refractivity contribution in [1.82, 2.24) is 9.97 Å². The fourth-order valence-corrected chi connectivity index (χ4v) is 2.61. The van der Waals surface area contributed by atoms with Gasteiger partial charge in [-0.25, -0.2) is 4.98 Å². The Hall–Kier alpha value is -3.22. The zero-order valence-electron chi connectivity index (χ0n) is 14.4. The van der Waals surface area contributed by atoms with Crippen molar-refractivity contribution in [2.75, 3.05) is 28.4 Å². The highest BCUT2D eigenvalue weighted by atomic mass is 16.5. The van der Waals surface area contributed by atoms with Crippen molar-refractivity contribution in [3.63, 3.8) is 0 Å². The van der Waals surface area contributed by atoms with Gasteiger partial charge in [0.15, 0.2) is 11.5 Å². The van der Waals surface area contributed by atoms with Crippen LogP contribution in [-0.2, 0) is 0 Å². The van der Waals surface area contributed by atoms with Crippen LogP contribution < -0.4 is 18.9 Å². The summed E-state index contributed by atoms with van der Waals surface area (Å²) in [5.41, 5.74) is 1.59. The molecule has 0 bridgehead atoms. The fraction of sp³-hybridized carbons (Fsp3) is 0.222. The summed E-state index contributed by atoms with van der Waals surface area (Å²) in [6, 6.07) is 6.75. The Morgan fingerprint density at radius 1 is 0.920 bits per heavy atom. The highest BCUT2D eigenvalue weighted by Gasteiger charge is 2.19. The summed E-state index contributed by atoms with van der Waals surface area (Å²) in [6.07, 6.45) is 1.63. The van der Waals surface area contributed by atoms with Crippen molar-refractivity contribution in [3.05, 3.63) is 41.7 Å². The number of methoxy groups -OCH3 is 4. The van der Waals surface area contributed by atoms with Crippen LogP contribution in [0.5, 0.6) is 23.1 Å². The van der Waals surface area contributed by atoms with Crippen molar-refractivity contribution in [3.8, 4) is 23.1 Å². The van der Waals surface area contributed by atoms with E-state index in [1.165, 1.54) is 21.3 Å². The van der Waals surface area contributed by atoms with Crippen molar-refractivity contribution < 1.29 is 23.7 Å². The van der Waals surface area contributed by atoms with E-state index in [1.807, 2.05) is 0 Å². The number of aromatic amines is 1. The van der Waals surface area contributed by atoms with Gasteiger partial charge in [0.05, 0.1) is 45.8 Å². The first-order valence-electron chi connectivity index (χ1n) is 7.48. The van der Waals surface area contributed by atoms with Gasteiger partial charge < -0.3 is 23.9 Å². The molecule has 1 N–H and O–H groups in total. The van der Waals surface area contributed by atoms with Crippen molar-refractivity contribution in [1.29, 1.82) is 0 Å². The van der Waals surface area contributed by atoms with E-state index in [-0.39, 0.29) is 5.78 Å². The molecule has 0 saturated carbocycles. The highest BCUT2D eigenvalue weighted by molar-refractivity contribution is 6.10. The van der Waals surface area contributed by atoms with Gasteiger partial charge in [0.1, 0.15) is 0 Å². The van der Waals surface area contributed by atoms with Crippen LogP contribution in [0.1, 0.15) is 16.1 Å². The molecular weight excluding hydrogens is 324 g/mol. The lowest BCUT2D eigenvalue weighted by atomic mass is 10.1. The smallest absolute Gasteiger partial charge is 0.213 e. The van der Waals surface area contributed by atoms with Crippen LogP contribution in [0.15, 0.2) is 30.5 Å². The normalized spacial score (nSPS) is 10.6. The molecule has 3 rings (SSSR count). The molecule has 0 spiro atoms. The molecule has 0 aliphatic rings. The minimum Gasteiger partial charge on any atom is -0.493 e. The van der Waals surface area contributed by atoms with Gasteiger partial charge in [-0.3, -0.25) is 4.79 Å². The summed E-state index contributed by atoms with van der Waals surface area (Å²) in [7, 11) is 6.07. The second-order valence-electron chi connectivity index (χ2n) is 5.24. The number of rotatable bonds is 6. The molecule has 0 fully saturated rings. The van der Waals surface area contributed by atoms with E-state index in [2.05, 4.69) is 9.97 Å². The maximum absolute atomic E-state index is 12.9. The molecule has 0 radical (unpaired) electrons. The Balaban J connectivity index is 2.05. The minimum absolute atomic E-state index is 0.200. The Morgan fingerprint density at radius 3 is 2.16 bits per heavy atom. The lowest BCUT2D eigenvalue weighted by Gasteiger charge is -2.13. The van der Waals surface area contributed by atoms with Crippen LogP contribution in [0.4, 0.5) is 0 Å². The van der Waals surface area contributed by atoms with E-state index < -0.39 is 0 Å². The number of nitrogens with zero attached hydrogens (tertiary/aromatic N) is 1. The molecular formula is C18H18N2O5. The number of pyridine rings is 1. The van der Waals surface area contributed by atoms with Crippen molar-refractivity contribution in [2.24, 2.45) is 0 Å². The largest absolute Gasteiger partial charge is 0.493 e. The first-order valence-corrected chi connectivity index (χ1v) is 7.48. The molecule has 25 heavy (non-hydrogen) atoms. The molecule has 0 unspecified atom stereocenters. The Morgan fingerprint density at radius 2 is 1.60 bits per heavy atom. The number of H-pyrrole nitrogens is 1. The van der Waals surface area contributed by atoms with Gasteiger partial charge in [-0.1, -0.05) is 0 Å². The predicted octanol–water partition coefficient (Wildman–Crippen LogP) is 2.83. The van der Waals surface area contributed by atoms with Gasteiger partial charge in [-0.05, 0) is 18.2 Å². The molecule has 0 aliphatic heterocycles. The van der Waals surface area contributed by atoms with E-state index in [9.17, 15) is 4.79 Å². The van der Waals surface area contributed by atoms with E-state index >= 15 is 0 Å². The van der Waals surface area contributed by atoms with Gasteiger partial charge in [-0.15, -0.1) is 0 Å². The summed E-state index contributed by atoms with van der Waals surface area (Å²) in [5.74, 6) is 1.56. The number of fused-ring (bicyclic) bond motifs is 1. The number of benzene rings is 1. The lowest BCUT2D eigenvalue weighted by molar-refractivity contribution is 0.103. The van der Waals surface area contributed by atoms with E-state index in [0.717, 1.165) is 10.9 Å². The maximum Gasteiger partial charge on any atom is 0.213 e. The zero-order chi connectivity index (χ0) is 18.0. The molecule has 7 nitrogen and oxygen atoms in total. The SMILES string of the molecule is COc1cc2cc(C(=O)c3cc(OC)c(OC)c(OC)c3)[nH]c2cn1. The summed E-state index contributed by atoms with van der Waals surface area (Å²) in [6.45, 7) is 0. The third-order valence-corrected chi connectivity index (χ3v) is 3.86. The van der Waals surface area contributed by atoms with Crippen LogP contribution in [-0.4, -0.2) is 44.2 Å². The number of carbonyl (C=O) groups excluding carboxylic acids is 1. The molecule has 0 saturated heterocycles. The number of ether oxygens (including phenoxy) is 4. The summed E-state index contributed by atoms with van der Waals surface area (Å²) < 4.78 is 21.0. The van der Waals surface area contributed by atoms with Gasteiger partial charge >= 0.3 is 0 Å². The van der Waals surface area contributed by atoms with Gasteiger partial charge in [0, 0.05) is 17.0 Å². The third-order valence-electron chi connectivity index (χ3n) is 3.86. The van der Waals surface area contributed by atoms with Crippen LogP contribution >= 0.6 is 0 Å². The van der Waals surface area contributed by atoms with Crippen molar-refractivity contribution in [2.45, 2.75) is 0 Å². The molecule has 0 aliphatic carbocycles. The number of aromatic nitrogens is 2. The Kier molecular flexibility index (Phi) is 4.47. The maximum atomic E-state index is 12.9. The van der Waals surface area contributed by atoms with Crippen molar-refractivity contribution >= 4 is 16.7 Å². The van der Waals surface area contributed by atoms with Gasteiger partial charge in [0.2, 0.25) is 17.4 Å². The molecule has 2 aromatic heterocycles. The first-order chi connectivity index (χ1) is 12.1. The van der Waals surface area contributed by atoms with E-state index in [1.54, 1.807) is 37.6 Å². The number of nitrogens with one attached hydrogen (secondary N) is 1. The predicted molar refractivity (Wildman–Crippen MR) is 92.2 cm³/mol. The molecule has 1 aromatic carbocycles. The molecule has 0 atom stereocenters. The Labute approximate surface area is 144 Å². The second-order valence-corrected chi connectivity index (χ2v) is 5.24. The molecule has 0 amide bonds. The summed E-state index contributed by atoms with van der Waals surface area (Å²) in [5, 5.41) is 0.836. The zero-order valence-corrected chi connectivity index (χ0v) is 14.4. The standard InChI is InChI=1S/C18H18N2O5/c1-22-14-6-11(7-15(23-2)18(14)25-4)17(21)12-5-10-8-16(24-3)19-9-13(10)20-12/h5-9,20H,1-4H3. The van der Waals surface area contributed by atoms with Gasteiger partial charge in [-0.2, -0.15) is 0 Å². The monoisotopic (exact) mass is 342 g/mol. The molecule has 3 aromatic rings. The van der Waals surface area contributed by atoms with E-state index in [0.29, 0.717) is 34.4 Å². The number of carbonyl (C=O) groups is 1. The average Bonchev–Trinajstić information content (AvgIpc) is 3.08. The highest BCUT2D eigenvalue weighted by Crippen LogP contribution is 2.38. The first kappa shape index (κ1) is 16.6. The van der Waals surface area contributed by atoms with Crippen LogP contribution in [0.3, 0.4) is 0 Å². The topological polar surface area (TPSA) is 82.7 Å². The Bertz CT molecular complexity index is 907. The fourth-order valence-electron chi connectivity index (χ4n) is 2.61. The van der Waals surface area contributed by atoms with E-state index in [4.69, 9.17) is 18.9 Å². The third kappa shape index (κ3) is 2.96.